The Morgan fingerprint density at radius 3 is 1.62 bits per heavy atom. The average molecular weight is 374 g/mol. The van der Waals surface area contributed by atoms with Crippen molar-refractivity contribution in [1.82, 2.24) is 19.9 Å². The maximum absolute atomic E-state index is 11.7. The second-order valence-corrected chi connectivity index (χ2v) is 7.88. The van der Waals surface area contributed by atoms with Crippen LogP contribution in [0.5, 0.6) is 0 Å². The van der Waals surface area contributed by atoms with Gasteiger partial charge in [0.25, 0.3) is 4.06 Å². The van der Waals surface area contributed by atoms with E-state index in [1.807, 2.05) is 48.5 Å². The minimum atomic E-state index is 0.0743. The van der Waals surface area contributed by atoms with E-state index in [0.29, 0.717) is 11.4 Å². The van der Waals surface area contributed by atoms with E-state index >= 15 is 0 Å². The highest BCUT2D eigenvalue weighted by atomic mass is 32.2. The standard InChI is InChI=1S/C19H10N4OS2/c24-19-25-15-9-13-14(10-16(15)26-19)23-18(12-6-2-4-8-21-12)17(22-13)11-5-1-3-7-20-11/h1-10H. The maximum atomic E-state index is 11.7. The van der Waals surface area contributed by atoms with E-state index in [-0.39, 0.29) is 4.06 Å². The van der Waals surface area contributed by atoms with E-state index in [1.165, 1.54) is 22.7 Å². The minimum absolute atomic E-state index is 0.0743. The van der Waals surface area contributed by atoms with E-state index in [9.17, 15) is 4.79 Å². The van der Waals surface area contributed by atoms with Gasteiger partial charge in [-0.2, -0.15) is 0 Å². The number of rotatable bonds is 2. The molecule has 26 heavy (non-hydrogen) atoms. The largest absolute Gasteiger partial charge is 0.288 e. The van der Waals surface area contributed by atoms with Gasteiger partial charge in [0, 0.05) is 12.4 Å². The van der Waals surface area contributed by atoms with Gasteiger partial charge in [0.1, 0.15) is 11.4 Å². The fraction of sp³-hybridized carbons (Fsp3) is 0. The molecule has 124 valence electrons. The van der Waals surface area contributed by atoms with E-state index in [4.69, 9.17) is 9.97 Å². The number of hydrogen-bond donors (Lipinski definition) is 0. The number of pyridine rings is 2. The predicted octanol–water partition coefficient (Wildman–Crippen LogP) is 4.39. The van der Waals surface area contributed by atoms with Gasteiger partial charge in [0.2, 0.25) is 0 Å². The van der Waals surface area contributed by atoms with Crippen molar-refractivity contribution in [2.75, 3.05) is 0 Å². The van der Waals surface area contributed by atoms with Crippen LogP contribution in [0.15, 0.2) is 65.7 Å². The minimum Gasteiger partial charge on any atom is -0.265 e. The highest BCUT2D eigenvalue weighted by Crippen LogP contribution is 2.31. The van der Waals surface area contributed by atoms with Crippen molar-refractivity contribution in [1.29, 1.82) is 0 Å². The van der Waals surface area contributed by atoms with Crippen LogP contribution in [0.2, 0.25) is 0 Å². The summed E-state index contributed by atoms with van der Waals surface area (Å²) in [5.41, 5.74) is 4.32. The van der Waals surface area contributed by atoms with Crippen LogP contribution in [-0.2, 0) is 0 Å². The molecule has 4 heterocycles. The zero-order chi connectivity index (χ0) is 17.5. The highest BCUT2D eigenvalue weighted by Gasteiger charge is 2.16. The lowest BCUT2D eigenvalue weighted by molar-refractivity contribution is 1.21. The fourth-order valence-electron chi connectivity index (χ4n) is 2.79. The summed E-state index contributed by atoms with van der Waals surface area (Å²) >= 11 is 2.47. The molecule has 0 amide bonds. The SMILES string of the molecule is O=c1sc2cc3nc(-c4ccccn4)c(-c4ccccn4)nc3cc2s1. The van der Waals surface area contributed by atoms with Gasteiger partial charge >= 0.3 is 0 Å². The molecule has 0 unspecified atom stereocenters. The lowest BCUT2D eigenvalue weighted by Gasteiger charge is -2.09. The van der Waals surface area contributed by atoms with Crippen molar-refractivity contribution in [2.45, 2.75) is 0 Å². The van der Waals surface area contributed by atoms with Gasteiger partial charge in [-0.15, -0.1) is 0 Å². The van der Waals surface area contributed by atoms with Crippen LogP contribution in [0.25, 0.3) is 43.2 Å². The molecule has 0 saturated carbocycles. The molecule has 5 nitrogen and oxygen atoms in total. The van der Waals surface area contributed by atoms with E-state index in [2.05, 4.69) is 9.97 Å². The Kier molecular flexibility index (Phi) is 3.55. The molecule has 5 aromatic rings. The number of fused-ring (bicyclic) bond motifs is 2. The number of hydrogen-bond acceptors (Lipinski definition) is 7. The third-order valence-electron chi connectivity index (χ3n) is 3.93. The summed E-state index contributed by atoms with van der Waals surface area (Å²) in [7, 11) is 0. The fourth-order valence-corrected chi connectivity index (χ4v) is 4.76. The van der Waals surface area contributed by atoms with Crippen molar-refractivity contribution in [3.8, 4) is 22.8 Å². The second-order valence-electron chi connectivity index (χ2n) is 5.59. The Hall–Kier alpha value is -3.03. The summed E-state index contributed by atoms with van der Waals surface area (Å²) in [6, 6.07) is 15.2. The molecule has 0 spiro atoms. The molecular weight excluding hydrogens is 364 g/mol. The summed E-state index contributed by atoms with van der Waals surface area (Å²) in [6.45, 7) is 0. The summed E-state index contributed by atoms with van der Waals surface area (Å²) < 4.78 is 1.93. The Balaban J connectivity index is 1.87. The molecule has 5 rings (SSSR count). The Morgan fingerprint density at radius 2 is 1.19 bits per heavy atom. The molecule has 0 saturated heterocycles. The van der Waals surface area contributed by atoms with Crippen molar-refractivity contribution < 1.29 is 0 Å². The smallest absolute Gasteiger partial charge is 0.265 e. The van der Waals surface area contributed by atoms with Crippen LogP contribution < -0.4 is 4.06 Å². The Labute approximate surface area is 155 Å². The highest BCUT2D eigenvalue weighted by molar-refractivity contribution is 7.35. The van der Waals surface area contributed by atoms with Gasteiger partial charge in [-0.25, -0.2) is 9.97 Å². The first-order chi connectivity index (χ1) is 12.8. The molecule has 7 heteroatoms. The normalized spacial score (nSPS) is 11.2. The monoisotopic (exact) mass is 374 g/mol. The first-order valence-corrected chi connectivity index (χ1v) is 9.49. The molecule has 0 atom stereocenters. The molecule has 4 aromatic heterocycles. The van der Waals surface area contributed by atoms with Crippen LogP contribution in [0.4, 0.5) is 0 Å². The number of aromatic nitrogens is 4. The second kappa shape index (κ2) is 6.05. The average Bonchev–Trinajstić information content (AvgIpc) is 3.05. The van der Waals surface area contributed by atoms with Crippen LogP contribution in [0.1, 0.15) is 0 Å². The quantitative estimate of drug-likeness (QED) is 0.458. The van der Waals surface area contributed by atoms with Crippen molar-refractivity contribution in [2.24, 2.45) is 0 Å². The van der Waals surface area contributed by atoms with Crippen LogP contribution >= 0.6 is 22.7 Å². The van der Waals surface area contributed by atoms with Gasteiger partial charge in [-0.1, -0.05) is 34.8 Å². The third-order valence-corrected chi connectivity index (χ3v) is 6.01. The van der Waals surface area contributed by atoms with Gasteiger partial charge in [-0.3, -0.25) is 14.8 Å². The number of nitrogens with zero attached hydrogens (tertiary/aromatic N) is 4. The molecule has 0 aliphatic carbocycles. The lowest BCUT2D eigenvalue weighted by atomic mass is 10.1. The molecule has 0 radical (unpaired) electrons. The molecule has 0 bridgehead atoms. The summed E-state index contributed by atoms with van der Waals surface area (Å²) in [5, 5.41) is 0. The molecule has 0 aliphatic heterocycles. The van der Waals surface area contributed by atoms with E-state index < -0.39 is 0 Å². The first-order valence-electron chi connectivity index (χ1n) is 7.86. The van der Waals surface area contributed by atoms with E-state index in [1.54, 1.807) is 12.4 Å². The van der Waals surface area contributed by atoms with Crippen molar-refractivity contribution in [3.63, 3.8) is 0 Å². The van der Waals surface area contributed by atoms with Crippen molar-refractivity contribution >= 4 is 43.1 Å². The first kappa shape index (κ1) is 15.2. The number of benzene rings is 1. The van der Waals surface area contributed by atoms with Crippen molar-refractivity contribution in [3.05, 3.63) is 69.8 Å². The molecular formula is C19H10N4OS2. The molecule has 0 aliphatic rings. The summed E-state index contributed by atoms with van der Waals surface area (Å²) in [6.07, 6.45) is 3.47. The predicted molar refractivity (Wildman–Crippen MR) is 106 cm³/mol. The zero-order valence-corrected chi connectivity index (χ0v) is 14.9. The molecule has 0 fully saturated rings. The summed E-state index contributed by atoms with van der Waals surface area (Å²) in [4.78, 5) is 30.2. The van der Waals surface area contributed by atoms with Gasteiger partial charge in [0.15, 0.2) is 0 Å². The summed E-state index contributed by atoms with van der Waals surface area (Å²) in [5.74, 6) is 0. The zero-order valence-electron chi connectivity index (χ0n) is 13.3. The molecule has 1 aromatic carbocycles. The Morgan fingerprint density at radius 1 is 0.692 bits per heavy atom. The van der Waals surface area contributed by atoms with Crippen LogP contribution in [0, 0.1) is 0 Å². The topological polar surface area (TPSA) is 68.6 Å². The molecule has 0 N–H and O–H groups in total. The van der Waals surface area contributed by atoms with Gasteiger partial charge in [-0.05, 0) is 36.4 Å². The van der Waals surface area contributed by atoms with E-state index in [0.717, 1.165) is 31.8 Å². The lowest BCUT2D eigenvalue weighted by Crippen LogP contribution is -1.97. The van der Waals surface area contributed by atoms with Crippen LogP contribution in [0.3, 0.4) is 0 Å². The Bertz CT molecular complexity index is 1200. The van der Waals surface area contributed by atoms with Gasteiger partial charge < -0.3 is 0 Å². The maximum Gasteiger partial charge on any atom is 0.288 e. The third kappa shape index (κ3) is 2.58. The van der Waals surface area contributed by atoms with Crippen LogP contribution in [-0.4, -0.2) is 19.9 Å². The van der Waals surface area contributed by atoms with Gasteiger partial charge in [0.05, 0.1) is 31.8 Å².